The molecule has 0 aliphatic rings. The molecule has 11 heteroatoms. The summed E-state index contributed by atoms with van der Waals surface area (Å²) in [7, 11) is 0. The Kier molecular flexibility index (Phi) is 4.84. The molecule has 0 aliphatic heterocycles. The van der Waals surface area contributed by atoms with Gasteiger partial charge in [0.1, 0.15) is 22.7 Å². The quantitative estimate of drug-likeness (QED) is 0.674. The number of halogens is 3. The number of pyridine rings is 1. The van der Waals surface area contributed by atoms with Gasteiger partial charge in [-0.1, -0.05) is 0 Å². The maximum atomic E-state index is 12.9. The van der Waals surface area contributed by atoms with Crippen LogP contribution in [0.5, 0.6) is 0 Å². The molecule has 0 saturated heterocycles. The van der Waals surface area contributed by atoms with Crippen molar-refractivity contribution in [3.05, 3.63) is 51.4 Å². The van der Waals surface area contributed by atoms with Gasteiger partial charge >= 0.3 is 12.1 Å². The molecule has 28 heavy (non-hydrogen) atoms. The Hall–Kier alpha value is -3.37. The molecule has 0 unspecified atom stereocenters. The van der Waals surface area contributed by atoms with Crippen molar-refractivity contribution >= 4 is 22.9 Å². The molecule has 0 amide bonds. The van der Waals surface area contributed by atoms with Crippen LogP contribution in [0.3, 0.4) is 0 Å². The van der Waals surface area contributed by atoms with Crippen LogP contribution in [-0.2, 0) is 17.5 Å². The first-order valence-electron chi connectivity index (χ1n) is 8.12. The van der Waals surface area contributed by atoms with E-state index in [1.807, 2.05) is 0 Å². The molecule has 0 radical (unpaired) electrons. The third-order valence-electron chi connectivity index (χ3n) is 3.92. The normalized spacial score (nSPS) is 11.8. The van der Waals surface area contributed by atoms with Crippen LogP contribution in [-0.4, -0.2) is 27.1 Å². The fourth-order valence-electron chi connectivity index (χ4n) is 2.73. The van der Waals surface area contributed by atoms with Crippen molar-refractivity contribution in [3.63, 3.8) is 0 Å². The molecule has 2 N–H and O–H groups in total. The van der Waals surface area contributed by atoms with E-state index in [1.165, 1.54) is 13.1 Å². The predicted molar refractivity (Wildman–Crippen MR) is 91.7 cm³/mol. The van der Waals surface area contributed by atoms with Crippen molar-refractivity contribution < 1.29 is 27.1 Å². The standard InChI is InChI=1S/C17H15F3N4O4/c1-3-27-16(26)11-8(2)28-14-12(11)13(21)22-10(23-14)7-24-6-4-5-9(15(24)25)17(18,19)20/h4-6H,3,7H2,1-2H3,(H2,21,22,23). The van der Waals surface area contributed by atoms with E-state index in [2.05, 4.69) is 9.97 Å². The molecule has 0 spiro atoms. The summed E-state index contributed by atoms with van der Waals surface area (Å²) >= 11 is 0. The largest absolute Gasteiger partial charge is 0.462 e. The highest BCUT2D eigenvalue weighted by Crippen LogP contribution is 2.29. The Balaban J connectivity index is 2.05. The third kappa shape index (κ3) is 3.42. The van der Waals surface area contributed by atoms with Gasteiger partial charge in [0, 0.05) is 6.20 Å². The Labute approximate surface area is 155 Å². The number of carbonyl (C=O) groups excluding carboxylic acids is 1. The number of hydrogen-bond acceptors (Lipinski definition) is 7. The van der Waals surface area contributed by atoms with Gasteiger partial charge in [0.05, 0.1) is 18.5 Å². The smallest absolute Gasteiger partial charge is 0.421 e. The summed E-state index contributed by atoms with van der Waals surface area (Å²) in [6, 6.07) is 1.79. The number of rotatable bonds is 4. The van der Waals surface area contributed by atoms with Gasteiger partial charge in [-0.3, -0.25) is 4.79 Å². The van der Waals surface area contributed by atoms with E-state index in [9.17, 15) is 22.8 Å². The number of aryl methyl sites for hydroxylation is 1. The van der Waals surface area contributed by atoms with Crippen LogP contribution in [0.1, 0.15) is 34.4 Å². The Morgan fingerprint density at radius 3 is 2.71 bits per heavy atom. The zero-order valence-electron chi connectivity index (χ0n) is 14.8. The van der Waals surface area contributed by atoms with Crippen molar-refractivity contribution in [2.75, 3.05) is 12.3 Å². The molecule has 0 atom stereocenters. The first-order chi connectivity index (χ1) is 13.1. The van der Waals surface area contributed by atoms with Gasteiger partial charge in [0.25, 0.3) is 5.56 Å². The maximum Gasteiger partial charge on any atom is 0.421 e. The van der Waals surface area contributed by atoms with Gasteiger partial charge in [0.2, 0.25) is 5.71 Å². The maximum absolute atomic E-state index is 12.9. The second-order valence-corrected chi connectivity index (χ2v) is 5.81. The molecule has 0 bridgehead atoms. The number of carbonyl (C=O) groups is 1. The monoisotopic (exact) mass is 396 g/mol. The summed E-state index contributed by atoms with van der Waals surface area (Å²) in [6.45, 7) is 2.93. The highest BCUT2D eigenvalue weighted by Gasteiger charge is 2.34. The Morgan fingerprint density at radius 2 is 2.07 bits per heavy atom. The van der Waals surface area contributed by atoms with Crippen LogP contribution in [0.2, 0.25) is 0 Å². The molecule has 8 nitrogen and oxygen atoms in total. The lowest BCUT2D eigenvalue weighted by atomic mass is 10.2. The van der Waals surface area contributed by atoms with Gasteiger partial charge in [-0.2, -0.15) is 18.2 Å². The molecule has 3 aromatic heterocycles. The fourth-order valence-corrected chi connectivity index (χ4v) is 2.73. The molecular weight excluding hydrogens is 381 g/mol. The number of anilines is 1. The van der Waals surface area contributed by atoms with Gasteiger partial charge < -0.3 is 19.5 Å². The first kappa shape index (κ1) is 19.4. The summed E-state index contributed by atoms with van der Waals surface area (Å²) in [5.41, 5.74) is 3.43. The summed E-state index contributed by atoms with van der Waals surface area (Å²) in [5, 5.41) is 0.149. The molecular formula is C17H15F3N4O4. The van der Waals surface area contributed by atoms with Gasteiger partial charge in [0.15, 0.2) is 5.82 Å². The summed E-state index contributed by atoms with van der Waals surface area (Å²) < 4.78 is 49.9. The van der Waals surface area contributed by atoms with Gasteiger partial charge in [-0.15, -0.1) is 0 Å². The number of aromatic nitrogens is 3. The first-order valence-corrected chi connectivity index (χ1v) is 8.12. The lowest BCUT2D eigenvalue weighted by Crippen LogP contribution is -2.28. The number of nitrogens with two attached hydrogens (primary N) is 1. The van der Waals surface area contributed by atoms with E-state index in [0.717, 1.165) is 10.6 Å². The number of fused-ring (bicyclic) bond motifs is 1. The van der Waals surface area contributed by atoms with Crippen molar-refractivity contribution in [1.29, 1.82) is 0 Å². The Morgan fingerprint density at radius 1 is 1.36 bits per heavy atom. The van der Waals surface area contributed by atoms with Crippen molar-refractivity contribution in [1.82, 2.24) is 14.5 Å². The average Bonchev–Trinajstić information content (AvgIpc) is 2.92. The molecule has 0 aliphatic carbocycles. The van der Waals surface area contributed by atoms with Crippen LogP contribution < -0.4 is 11.3 Å². The predicted octanol–water partition coefficient (Wildman–Crippen LogP) is 2.52. The lowest BCUT2D eigenvalue weighted by molar-refractivity contribution is -0.138. The molecule has 3 rings (SSSR count). The molecule has 0 saturated carbocycles. The summed E-state index contributed by atoms with van der Waals surface area (Å²) in [6.07, 6.45) is -3.60. The number of furan rings is 1. The molecule has 3 aromatic rings. The highest BCUT2D eigenvalue weighted by atomic mass is 19.4. The highest BCUT2D eigenvalue weighted by molar-refractivity contribution is 6.07. The van der Waals surface area contributed by atoms with Gasteiger partial charge in [-0.05, 0) is 26.0 Å². The topological polar surface area (TPSA) is 113 Å². The van der Waals surface area contributed by atoms with Crippen molar-refractivity contribution in [2.24, 2.45) is 0 Å². The SMILES string of the molecule is CCOC(=O)c1c(C)oc2nc(Cn3cccc(C(F)(F)F)c3=O)nc(N)c12. The third-order valence-corrected chi connectivity index (χ3v) is 3.92. The fraction of sp³-hybridized carbons (Fsp3) is 0.294. The zero-order chi connectivity index (χ0) is 20.6. The molecule has 148 valence electrons. The van der Waals surface area contributed by atoms with E-state index < -0.39 is 23.3 Å². The molecule has 3 heterocycles. The summed E-state index contributed by atoms with van der Waals surface area (Å²) in [5.74, 6) is -0.603. The number of esters is 1. The van der Waals surface area contributed by atoms with Crippen LogP contribution in [0, 0.1) is 6.92 Å². The van der Waals surface area contributed by atoms with Crippen molar-refractivity contribution in [3.8, 4) is 0 Å². The number of alkyl halides is 3. The van der Waals surface area contributed by atoms with Gasteiger partial charge in [-0.25, -0.2) is 9.78 Å². The van der Waals surface area contributed by atoms with Crippen LogP contribution in [0.15, 0.2) is 27.5 Å². The zero-order valence-corrected chi connectivity index (χ0v) is 14.8. The average molecular weight is 396 g/mol. The van der Waals surface area contributed by atoms with Crippen LogP contribution in [0.4, 0.5) is 19.0 Å². The lowest BCUT2D eigenvalue weighted by Gasteiger charge is -2.10. The number of nitrogen functional groups attached to an aromatic ring is 1. The molecule has 0 fully saturated rings. The number of hydrogen-bond donors (Lipinski definition) is 1. The van der Waals surface area contributed by atoms with E-state index in [-0.39, 0.29) is 47.2 Å². The number of ether oxygens (including phenoxy) is 1. The number of nitrogens with zero attached hydrogens (tertiary/aromatic N) is 3. The minimum Gasteiger partial charge on any atom is -0.462 e. The van der Waals surface area contributed by atoms with E-state index in [1.54, 1.807) is 6.92 Å². The minimum absolute atomic E-state index is 0.0249. The second kappa shape index (κ2) is 6.98. The Bertz CT molecular complexity index is 1120. The summed E-state index contributed by atoms with van der Waals surface area (Å²) in [4.78, 5) is 32.2. The van der Waals surface area contributed by atoms with Crippen LogP contribution >= 0.6 is 0 Å². The van der Waals surface area contributed by atoms with Crippen LogP contribution in [0.25, 0.3) is 11.1 Å². The molecule has 0 aromatic carbocycles. The van der Waals surface area contributed by atoms with E-state index >= 15 is 0 Å². The van der Waals surface area contributed by atoms with E-state index in [0.29, 0.717) is 6.07 Å². The minimum atomic E-state index is -4.78. The van der Waals surface area contributed by atoms with Crippen molar-refractivity contribution in [2.45, 2.75) is 26.6 Å². The second-order valence-electron chi connectivity index (χ2n) is 5.81. The van der Waals surface area contributed by atoms with E-state index in [4.69, 9.17) is 14.9 Å².